The average molecular weight is 305 g/mol. The first-order chi connectivity index (χ1) is 9.52. The summed E-state index contributed by atoms with van der Waals surface area (Å²) in [4.78, 5) is 18.8. The lowest BCUT2D eigenvalue weighted by atomic mass is 10.0. The van der Waals surface area contributed by atoms with Gasteiger partial charge < -0.3 is 4.98 Å². The predicted molar refractivity (Wildman–Crippen MR) is 82.6 cm³/mol. The molecule has 5 heteroatoms. The molecule has 1 heterocycles. The smallest absolute Gasteiger partial charge is 0.258 e. The fourth-order valence-electron chi connectivity index (χ4n) is 2.16. The number of halogens is 2. The van der Waals surface area contributed by atoms with E-state index in [9.17, 15) is 4.79 Å². The van der Waals surface area contributed by atoms with Gasteiger partial charge in [-0.1, -0.05) is 29.3 Å². The number of nitrogens with zero attached hydrogens (tertiary/aromatic N) is 1. The van der Waals surface area contributed by atoms with Crippen LogP contribution in [0.5, 0.6) is 0 Å². The number of rotatable bonds is 1. The molecule has 0 amide bonds. The Kier molecular flexibility index (Phi) is 3.24. The molecule has 0 spiro atoms. The molecule has 0 bridgehead atoms. The van der Waals surface area contributed by atoms with Gasteiger partial charge in [0.2, 0.25) is 0 Å². The number of benzene rings is 2. The van der Waals surface area contributed by atoms with E-state index in [-0.39, 0.29) is 5.56 Å². The molecule has 2 aromatic carbocycles. The normalized spacial score (nSPS) is 10.9. The van der Waals surface area contributed by atoms with Crippen molar-refractivity contribution < 1.29 is 0 Å². The third-order valence-corrected chi connectivity index (χ3v) is 3.46. The average Bonchev–Trinajstić information content (AvgIpc) is 2.36. The zero-order chi connectivity index (χ0) is 14.3. The largest absolute Gasteiger partial charge is 0.310 e. The quantitative estimate of drug-likeness (QED) is 0.732. The van der Waals surface area contributed by atoms with Crippen LogP contribution in [-0.4, -0.2) is 9.97 Å². The van der Waals surface area contributed by atoms with E-state index in [0.29, 0.717) is 26.8 Å². The Morgan fingerprint density at radius 3 is 2.40 bits per heavy atom. The van der Waals surface area contributed by atoms with Crippen molar-refractivity contribution in [3.8, 4) is 11.1 Å². The maximum absolute atomic E-state index is 11.8. The van der Waals surface area contributed by atoms with E-state index in [2.05, 4.69) is 9.97 Å². The second kappa shape index (κ2) is 4.93. The number of H-pyrrole nitrogens is 1. The molecule has 0 aliphatic rings. The van der Waals surface area contributed by atoms with Crippen LogP contribution < -0.4 is 5.56 Å². The van der Waals surface area contributed by atoms with E-state index in [1.165, 1.54) is 0 Å². The molecule has 1 aromatic heterocycles. The number of aromatic amines is 1. The Bertz CT molecular complexity index is 851. The summed E-state index contributed by atoms with van der Waals surface area (Å²) >= 11 is 12.0. The molecular weight excluding hydrogens is 295 g/mol. The lowest BCUT2D eigenvalue weighted by molar-refractivity contribution is 1.06. The highest BCUT2D eigenvalue weighted by Crippen LogP contribution is 2.28. The van der Waals surface area contributed by atoms with Crippen LogP contribution >= 0.6 is 23.2 Å². The maximum atomic E-state index is 11.8. The van der Waals surface area contributed by atoms with Gasteiger partial charge in [-0.15, -0.1) is 0 Å². The van der Waals surface area contributed by atoms with Crippen molar-refractivity contribution in [2.75, 3.05) is 0 Å². The third kappa shape index (κ3) is 2.42. The minimum Gasteiger partial charge on any atom is -0.310 e. The van der Waals surface area contributed by atoms with Gasteiger partial charge in [-0.2, -0.15) is 0 Å². The van der Waals surface area contributed by atoms with Gasteiger partial charge in [0.1, 0.15) is 5.82 Å². The summed E-state index contributed by atoms with van der Waals surface area (Å²) in [6.07, 6.45) is 0. The highest BCUT2D eigenvalue weighted by molar-refractivity contribution is 6.35. The Morgan fingerprint density at radius 1 is 1.00 bits per heavy atom. The van der Waals surface area contributed by atoms with Gasteiger partial charge in [-0.25, -0.2) is 4.98 Å². The molecule has 0 radical (unpaired) electrons. The van der Waals surface area contributed by atoms with E-state index in [1.807, 2.05) is 24.3 Å². The molecule has 3 aromatic rings. The summed E-state index contributed by atoms with van der Waals surface area (Å²) in [5, 5.41) is 1.71. The predicted octanol–water partition coefficient (Wildman–Crippen LogP) is 4.21. The van der Waals surface area contributed by atoms with E-state index < -0.39 is 0 Å². The minimum atomic E-state index is -0.136. The summed E-state index contributed by atoms with van der Waals surface area (Å²) in [5.41, 5.74) is 2.33. The number of aromatic nitrogens is 2. The maximum Gasteiger partial charge on any atom is 0.258 e. The zero-order valence-corrected chi connectivity index (χ0v) is 12.1. The van der Waals surface area contributed by atoms with Crippen molar-refractivity contribution in [2.24, 2.45) is 0 Å². The summed E-state index contributed by atoms with van der Waals surface area (Å²) in [7, 11) is 0. The number of nitrogens with one attached hydrogen (secondary N) is 1. The Balaban J connectivity index is 2.25. The van der Waals surface area contributed by atoms with Crippen LogP contribution in [0.4, 0.5) is 0 Å². The topological polar surface area (TPSA) is 45.8 Å². The monoisotopic (exact) mass is 304 g/mol. The van der Waals surface area contributed by atoms with Crippen molar-refractivity contribution in [3.63, 3.8) is 0 Å². The van der Waals surface area contributed by atoms with Crippen LogP contribution in [0.1, 0.15) is 5.82 Å². The molecule has 3 rings (SSSR count). The molecule has 3 nitrogen and oxygen atoms in total. The lowest BCUT2D eigenvalue weighted by Gasteiger charge is -2.05. The van der Waals surface area contributed by atoms with Gasteiger partial charge in [-0.05, 0) is 48.4 Å². The van der Waals surface area contributed by atoms with Crippen molar-refractivity contribution in [1.29, 1.82) is 0 Å². The molecule has 0 saturated carbocycles. The molecule has 0 fully saturated rings. The van der Waals surface area contributed by atoms with Crippen molar-refractivity contribution in [3.05, 3.63) is 62.6 Å². The summed E-state index contributed by atoms with van der Waals surface area (Å²) < 4.78 is 0. The molecule has 100 valence electrons. The van der Waals surface area contributed by atoms with Crippen LogP contribution in [-0.2, 0) is 0 Å². The van der Waals surface area contributed by atoms with E-state index in [0.717, 1.165) is 11.1 Å². The van der Waals surface area contributed by atoms with Gasteiger partial charge in [0.15, 0.2) is 0 Å². The highest BCUT2D eigenvalue weighted by atomic mass is 35.5. The molecule has 0 unspecified atom stereocenters. The standard InChI is InChI=1S/C15H10Cl2N2O/c1-8-18-14-6-9(2-3-13(14)15(20)19-8)10-4-11(16)7-12(17)5-10/h2-7H,1H3,(H,18,19,20). The molecule has 0 saturated heterocycles. The third-order valence-electron chi connectivity index (χ3n) is 3.02. The highest BCUT2D eigenvalue weighted by Gasteiger charge is 2.06. The van der Waals surface area contributed by atoms with E-state index in [4.69, 9.17) is 23.2 Å². The summed E-state index contributed by atoms with van der Waals surface area (Å²) in [6.45, 7) is 1.75. The Hall–Kier alpha value is -1.84. The van der Waals surface area contributed by atoms with Gasteiger partial charge in [0, 0.05) is 10.0 Å². The molecular formula is C15H10Cl2N2O. The second-order valence-electron chi connectivity index (χ2n) is 4.54. The van der Waals surface area contributed by atoms with Crippen LogP contribution in [0.3, 0.4) is 0 Å². The first-order valence-electron chi connectivity index (χ1n) is 6.00. The fraction of sp³-hybridized carbons (Fsp3) is 0.0667. The first-order valence-corrected chi connectivity index (χ1v) is 6.76. The van der Waals surface area contributed by atoms with Gasteiger partial charge in [0.25, 0.3) is 5.56 Å². The van der Waals surface area contributed by atoms with Crippen LogP contribution in [0.25, 0.3) is 22.0 Å². The van der Waals surface area contributed by atoms with Gasteiger partial charge >= 0.3 is 0 Å². The van der Waals surface area contributed by atoms with Gasteiger partial charge in [-0.3, -0.25) is 4.79 Å². The molecule has 0 atom stereocenters. The van der Waals surface area contributed by atoms with Crippen molar-refractivity contribution in [2.45, 2.75) is 6.92 Å². The summed E-state index contributed by atoms with van der Waals surface area (Å²) in [5.74, 6) is 0.587. The van der Waals surface area contributed by atoms with Gasteiger partial charge in [0.05, 0.1) is 10.9 Å². The van der Waals surface area contributed by atoms with Crippen LogP contribution in [0, 0.1) is 6.92 Å². The zero-order valence-electron chi connectivity index (χ0n) is 10.6. The molecule has 0 aliphatic heterocycles. The lowest BCUT2D eigenvalue weighted by Crippen LogP contribution is -2.09. The molecule has 1 N–H and O–H groups in total. The fourth-order valence-corrected chi connectivity index (χ4v) is 2.68. The minimum absolute atomic E-state index is 0.136. The molecule has 20 heavy (non-hydrogen) atoms. The summed E-state index contributed by atoms with van der Waals surface area (Å²) in [6, 6.07) is 10.8. The van der Waals surface area contributed by atoms with E-state index in [1.54, 1.807) is 19.1 Å². The Morgan fingerprint density at radius 2 is 1.70 bits per heavy atom. The number of fused-ring (bicyclic) bond motifs is 1. The van der Waals surface area contributed by atoms with Crippen LogP contribution in [0.2, 0.25) is 10.0 Å². The van der Waals surface area contributed by atoms with Crippen molar-refractivity contribution in [1.82, 2.24) is 9.97 Å². The van der Waals surface area contributed by atoms with Crippen molar-refractivity contribution >= 4 is 34.1 Å². The number of aryl methyl sites for hydroxylation is 1. The van der Waals surface area contributed by atoms with E-state index >= 15 is 0 Å². The SMILES string of the molecule is Cc1nc2cc(-c3cc(Cl)cc(Cl)c3)ccc2c(=O)[nH]1. The number of hydrogen-bond donors (Lipinski definition) is 1. The molecule has 0 aliphatic carbocycles. The Labute approximate surface area is 125 Å². The van der Waals surface area contributed by atoms with Crippen LogP contribution in [0.15, 0.2) is 41.2 Å². The number of hydrogen-bond acceptors (Lipinski definition) is 2. The second-order valence-corrected chi connectivity index (χ2v) is 5.41. The first kappa shape index (κ1) is 13.2.